The van der Waals surface area contributed by atoms with Crippen molar-refractivity contribution in [2.24, 2.45) is 0 Å². The third kappa shape index (κ3) is 29.6. The summed E-state index contributed by atoms with van der Waals surface area (Å²) in [6.45, 7) is 2.30. The second-order valence-electron chi connectivity index (χ2n) is 6.05. The molecule has 0 fully saturated rings. The van der Waals surface area contributed by atoms with Gasteiger partial charge in [0.1, 0.15) is 0 Å². The van der Waals surface area contributed by atoms with Crippen LogP contribution in [0.2, 0.25) is 4.73 Å². The molecule has 0 aromatic rings. The molecular weight excluding hydrogens is 370 g/mol. The molecule has 4 heteroatoms. The second kappa shape index (κ2) is 30.5. The molecule has 134 valence electrons. The Kier molecular flexibility index (Phi) is 43.4. The average Bonchev–Trinajstić information content (AvgIpc) is 2.43. The predicted octanol–water partition coefficient (Wildman–Crippen LogP) is -1.77. The van der Waals surface area contributed by atoms with Crippen LogP contribution in [0.1, 0.15) is 110 Å². The van der Waals surface area contributed by atoms with Crippen LogP contribution in [-0.2, 0) is 20.4 Å². The van der Waals surface area contributed by atoms with Crippen molar-refractivity contribution in [2.75, 3.05) is 0 Å². The van der Waals surface area contributed by atoms with Gasteiger partial charge in [-0.3, -0.25) is 0 Å². The van der Waals surface area contributed by atoms with E-state index in [2.05, 4.69) is 27.4 Å². The molecule has 0 saturated carbocycles. The van der Waals surface area contributed by atoms with Gasteiger partial charge in [-0.2, -0.15) is 0 Å². The van der Waals surface area contributed by atoms with Gasteiger partial charge in [-0.1, -0.05) is 39.0 Å². The maximum atomic E-state index is 2.30. The van der Waals surface area contributed by atoms with Gasteiger partial charge in [0.05, 0.1) is 0 Å². The summed E-state index contributed by atoms with van der Waals surface area (Å²) in [5.41, 5.74) is 0. The number of unbranched alkanes of at least 4 members (excludes halogenated alkanes) is 15. The van der Waals surface area contributed by atoms with Gasteiger partial charge in [0.15, 0.2) is 0 Å². The zero-order valence-corrected chi connectivity index (χ0v) is 18.5. The molecule has 0 bridgehead atoms. The Balaban J connectivity index is -0.000000540. The third-order valence-electron chi connectivity index (χ3n) is 4.03. The van der Waals surface area contributed by atoms with E-state index < -0.39 is 0 Å². The molecule has 0 amide bonds. The summed E-state index contributed by atoms with van der Waals surface area (Å²) in [4.78, 5) is 0. The van der Waals surface area contributed by atoms with Crippen molar-refractivity contribution in [3.8, 4) is 0 Å². The summed E-state index contributed by atoms with van der Waals surface area (Å²) in [5, 5.41) is 0. The minimum Gasteiger partial charge on any atom is -1.00 e. The molecule has 22 heavy (non-hydrogen) atoms. The minimum absolute atomic E-state index is 0. The SMILES string of the molecule is CCCCCCCCCCCCCCCCC[CH2][Ti+3].[Cl-].[Cl-].[Cl-]. The van der Waals surface area contributed by atoms with E-state index in [4.69, 9.17) is 0 Å². The third-order valence-corrected chi connectivity index (χ3v) is 4.58. The van der Waals surface area contributed by atoms with E-state index in [1.807, 2.05) is 0 Å². The molecule has 0 aromatic carbocycles. The first kappa shape index (κ1) is 31.4. The van der Waals surface area contributed by atoms with Gasteiger partial charge in [0, 0.05) is 0 Å². The summed E-state index contributed by atoms with van der Waals surface area (Å²) < 4.78 is 1.37. The van der Waals surface area contributed by atoms with Crippen LogP contribution in [0.5, 0.6) is 0 Å². The molecule has 0 spiro atoms. The summed E-state index contributed by atoms with van der Waals surface area (Å²) in [7, 11) is 0. The van der Waals surface area contributed by atoms with Gasteiger partial charge in [-0.15, -0.1) is 0 Å². The molecule has 0 N–H and O–H groups in total. The normalized spacial score (nSPS) is 9.59. The molecule has 0 heterocycles. The van der Waals surface area contributed by atoms with Crippen LogP contribution in [0.25, 0.3) is 0 Å². The quantitative estimate of drug-likeness (QED) is 0.210. The molecule has 0 aromatic heterocycles. The Bertz CT molecular complexity index is 141. The molecule has 0 atom stereocenters. The Labute approximate surface area is 171 Å². The van der Waals surface area contributed by atoms with Gasteiger partial charge in [-0.05, 0) is 0 Å². The van der Waals surface area contributed by atoms with Crippen molar-refractivity contribution in [1.29, 1.82) is 0 Å². The van der Waals surface area contributed by atoms with Crippen LogP contribution in [-0.4, -0.2) is 0 Å². The molecule has 0 aliphatic rings. The standard InChI is InChI=1S/C18H37.3ClH.Ti/c1-3-5-7-9-11-13-15-17-18-16-14-12-10-8-6-4-2;;;;/h1,3-18H2,2H3;3*1H;/q;;;;+3/p-3. The Morgan fingerprint density at radius 1 is 0.409 bits per heavy atom. The summed E-state index contributed by atoms with van der Waals surface area (Å²) in [5.74, 6) is 0. The minimum atomic E-state index is 0. The Hall–Kier alpha value is 1.58. The Morgan fingerprint density at radius 2 is 0.636 bits per heavy atom. The molecule has 0 nitrogen and oxygen atoms in total. The predicted molar refractivity (Wildman–Crippen MR) is 84.4 cm³/mol. The van der Waals surface area contributed by atoms with Gasteiger partial charge in [-0.25, -0.2) is 0 Å². The van der Waals surface area contributed by atoms with Gasteiger partial charge in [0.25, 0.3) is 0 Å². The van der Waals surface area contributed by atoms with E-state index >= 15 is 0 Å². The van der Waals surface area contributed by atoms with Crippen molar-refractivity contribution in [2.45, 2.75) is 114 Å². The van der Waals surface area contributed by atoms with Crippen molar-refractivity contribution in [1.82, 2.24) is 0 Å². The fourth-order valence-electron chi connectivity index (χ4n) is 2.67. The number of halogens is 3. The zero-order chi connectivity index (χ0) is 14.0. The molecule has 0 rings (SSSR count). The van der Waals surface area contributed by atoms with Crippen molar-refractivity contribution in [3.05, 3.63) is 0 Å². The monoisotopic (exact) mass is 406 g/mol. The van der Waals surface area contributed by atoms with Crippen LogP contribution >= 0.6 is 0 Å². The first-order chi connectivity index (χ1) is 9.41. The van der Waals surface area contributed by atoms with Crippen molar-refractivity contribution >= 4 is 0 Å². The van der Waals surface area contributed by atoms with E-state index in [1.54, 1.807) is 0 Å². The number of hydrogen-bond donors (Lipinski definition) is 0. The largest absolute Gasteiger partial charge is 1.00 e. The summed E-state index contributed by atoms with van der Waals surface area (Å²) >= 11 is 2.30. The van der Waals surface area contributed by atoms with Gasteiger partial charge >= 0.3 is 95.8 Å². The summed E-state index contributed by atoms with van der Waals surface area (Å²) in [6.07, 6.45) is 23.5. The maximum Gasteiger partial charge on any atom is -1.00 e. The first-order valence-corrected chi connectivity index (χ1v) is 10.2. The van der Waals surface area contributed by atoms with Crippen LogP contribution in [0.15, 0.2) is 0 Å². The smallest absolute Gasteiger partial charge is 1.00 e. The molecular formula is C18H37Cl3Ti. The fraction of sp³-hybridized carbons (Fsp3) is 1.00. The molecule has 0 aliphatic heterocycles. The Morgan fingerprint density at radius 3 is 0.864 bits per heavy atom. The van der Waals surface area contributed by atoms with Crippen molar-refractivity contribution < 1.29 is 57.7 Å². The second-order valence-corrected chi connectivity index (χ2v) is 6.83. The number of rotatable bonds is 16. The van der Waals surface area contributed by atoms with Crippen LogP contribution in [0, 0.1) is 0 Å². The van der Waals surface area contributed by atoms with Gasteiger partial charge < -0.3 is 37.2 Å². The van der Waals surface area contributed by atoms with Crippen molar-refractivity contribution in [3.63, 3.8) is 0 Å². The van der Waals surface area contributed by atoms with E-state index in [9.17, 15) is 0 Å². The van der Waals surface area contributed by atoms with Crippen LogP contribution in [0.4, 0.5) is 0 Å². The molecule has 0 aliphatic carbocycles. The van der Waals surface area contributed by atoms with Crippen LogP contribution < -0.4 is 37.2 Å². The number of hydrogen-bond acceptors (Lipinski definition) is 0. The van der Waals surface area contributed by atoms with E-state index in [-0.39, 0.29) is 37.2 Å². The fourth-order valence-corrected chi connectivity index (χ4v) is 3.06. The molecule has 0 saturated heterocycles. The van der Waals surface area contributed by atoms with E-state index in [1.165, 1.54) is 107 Å². The topological polar surface area (TPSA) is 0 Å². The van der Waals surface area contributed by atoms with E-state index in [0.717, 1.165) is 0 Å². The first-order valence-electron chi connectivity index (χ1n) is 9.06. The summed E-state index contributed by atoms with van der Waals surface area (Å²) in [6, 6.07) is 0. The van der Waals surface area contributed by atoms with E-state index in [0.29, 0.717) is 0 Å². The van der Waals surface area contributed by atoms with Gasteiger partial charge in [0.2, 0.25) is 0 Å². The molecule has 0 unspecified atom stereocenters. The zero-order valence-electron chi connectivity index (χ0n) is 14.7. The van der Waals surface area contributed by atoms with Crippen LogP contribution in [0.3, 0.4) is 0 Å². The maximum absolute atomic E-state index is 2.30. The average molecular weight is 408 g/mol. The molecule has 0 radical (unpaired) electrons.